The van der Waals surface area contributed by atoms with Crippen molar-refractivity contribution in [2.75, 3.05) is 44.2 Å². The summed E-state index contributed by atoms with van der Waals surface area (Å²) in [5.41, 5.74) is 1.04. The minimum atomic E-state index is 0.715. The van der Waals surface area contributed by atoms with Gasteiger partial charge in [-0.15, -0.1) is 0 Å². The van der Waals surface area contributed by atoms with Crippen LogP contribution in [0.15, 0.2) is 12.4 Å². The SMILES string of the molecule is Cc1cc(N2CC(N3CCNCC3)C2)ncn1. The fraction of sp³-hybridized carbons (Fsp3) is 0.667. The van der Waals surface area contributed by atoms with Gasteiger partial charge in [0.1, 0.15) is 12.1 Å². The number of hydrogen-bond donors (Lipinski definition) is 1. The highest BCUT2D eigenvalue weighted by Crippen LogP contribution is 2.21. The summed E-state index contributed by atoms with van der Waals surface area (Å²) in [6.07, 6.45) is 1.66. The number of rotatable bonds is 2. The Morgan fingerprint density at radius 1 is 1.24 bits per heavy atom. The first-order chi connectivity index (χ1) is 8.33. The number of hydrogen-bond acceptors (Lipinski definition) is 5. The van der Waals surface area contributed by atoms with Crippen LogP contribution in [-0.4, -0.2) is 60.2 Å². The zero-order chi connectivity index (χ0) is 11.7. The lowest BCUT2D eigenvalue weighted by molar-refractivity contribution is 0.147. The molecule has 2 saturated heterocycles. The molecule has 3 rings (SSSR count). The molecule has 1 aromatic heterocycles. The molecule has 5 heteroatoms. The van der Waals surface area contributed by atoms with Crippen LogP contribution in [0.1, 0.15) is 5.69 Å². The van der Waals surface area contributed by atoms with E-state index >= 15 is 0 Å². The van der Waals surface area contributed by atoms with Gasteiger partial charge in [0.2, 0.25) is 0 Å². The van der Waals surface area contributed by atoms with Crippen LogP contribution in [0.2, 0.25) is 0 Å². The minimum absolute atomic E-state index is 0.715. The normalized spacial score (nSPS) is 22.5. The average Bonchev–Trinajstić information content (AvgIpc) is 2.28. The Bertz CT molecular complexity index is 382. The van der Waals surface area contributed by atoms with Crippen molar-refractivity contribution in [3.8, 4) is 0 Å². The van der Waals surface area contributed by atoms with Crippen molar-refractivity contribution in [1.82, 2.24) is 20.2 Å². The molecule has 0 amide bonds. The first-order valence-corrected chi connectivity index (χ1v) is 6.31. The maximum atomic E-state index is 4.33. The molecule has 0 radical (unpaired) electrons. The zero-order valence-electron chi connectivity index (χ0n) is 10.3. The highest BCUT2D eigenvalue weighted by atomic mass is 15.3. The molecule has 17 heavy (non-hydrogen) atoms. The first-order valence-electron chi connectivity index (χ1n) is 6.31. The topological polar surface area (TPSA) is 44.3 Å². The van der Waals surface area contributed by atoms with E-state index in [1.165, 1.54) is 13.1 Å². The van der Waals surface area contributed by atoms with Gasteiger partial charge in [-0.25, -0.2) is 9.97 Å². The van der Waals surface area contributed by atoms with Gasteiger partial charge in [0.15, 0.2) is 0 Å². The second-order valence-electron chi connectivity index (χ2n) is 4.86. The average molecular weight is 233 g/mol. The van der Waals surface area contributed by atoms with Crippen molar-refractivity contribution in [3.05, 3.63) is 18.1 Å². The van der Waals surface area contributed by atoms with Crippen molar-refractivity contribution < 1.29 is 0 Å². The summed E-state index contributed by atoms with van der Waals surface area (Å²) in [5.74, 6) is 1.07. The molecule has 0 aliphatic carbocycles. The Hall–Kier alpha value is -1.20. The van der Waals surface area contributed by atoms with E-state index in [-0.39, 0.29) is 0 Å². The number of piperazine rings is 1. The molecule has 0 unspecified atom stereocenters. The third kappa shape index (κ3) is 2.25. The van der Waals surface area contributed by atoms with E-state index in [4.69, 9.17) is 0 Å². The summed E-state index contributed by atoms with van der Waals surface area (Å²) >= 11 is 0. The van der Waals surface area contributed by atoms with Crippen molar-refractivity contribution in [1.29, 1.82) is 0 Å². The van der Waals surface area contributed by atoms with Crippen LogP contribution in [0.25, 0.3) is 0 Å². The highest BCUT2D eigenvalue weighted by Gasteiger charge is 2.32. The number of nitrogens with zero attached hydrogens (tertiary/aromatic N) is 4. The molecule has 2 aliphatic heterocycles. The highest BCUT2D eigenvalue weighted by molar-refractivity contribution is 5.42. The summed E-state index contributed by atoms with van der Waals surface area (Å²) in [5, 5.41) is 3.39. The molecule has 1 N–H and O–H groups in total. The molecule has 0 spiro atoms. The van der Waals surface area contributed by atoms with E-state index in [2.05, 4.69) is 31.2 Å². The summed E-state index contributed by atoms with van der Waals surface area (Å²) in [6.45, 7) is 8.85. The van der Waals surface area contributed by atoms with Gasteiger partial charge in [0.05, 0.1) is 0 Å². The molecule has 0 atom stereocenters. The summed E-state index contributed by atoms with van der Waals surface area (Å²) in [7, 11) is 0. The second kappa shape index (κ2) is 4.58. The fourth-order valence-corrected chi connectivity index (χ4v) is 2.53. The Labute approximate surface area is 102 Å². The predicted octanol–water partition coefficient (Wildman–Crippen LogP) is -0.121. The van der Waals surface area contributed by atoms with Crippen LogP contribution >= 0.6 is 0 Å². The molecule has 0 saturated carbocycles. The number of nitrogens with one attached hydrogen (secondary N) is 1. The monoisotopic (exact) mass is 233 g/mol. The van der Waals surface area contributed by atoms with Crippen LogP contribution < -0.4 is 10.2 Å². The Balaban J connectivity index is 1.57. The molecule has 0 bridgehead atoms. The maximum Gasteiger partial charge on any atom is 0.132 e. The van der Waals surface area contributed by atoms with Crippen LogP contribution in [0.5, 0.6) is 0 Å². The van der Waals surface area contributed by atoms with Gasteiger partial charge in [-0.2, -0.15) is 0 Å². The van der Waals surface area contributed by atoms with Crippen molar-refractivity contribution >= 4 is 5.82 Å². The maximum absolute atomic E-state index is 4.33. The lowest BCUT2D eigenvalue weighted by Crippen LogP contribution is -2.63. The lowest BCUT2D eigenvalue weighted by atomic mass is 10.1. The lowest BCUT2D eigenvalue weighted by Gasteiger charge is -2.47. The largest absolute Gasteiger partial charge is 0.353 e. The van der Waals surface area contributed by atoms with Gasteiger partial charge in [0.25, 0.3) is 0 Å². The van der Waals surface area contributed by atoms with Gasteiger partial charge in [-0.3, -0.25) is 4.90 Å². The smallest absolute Gasteiger partial charge is 0.132 e. The van der Waals surface area contributed by atoms with E-state index in [0.717, 1.165) is 37.7 Å². The molecule has 1 aromatic rings. The van der Waals surface area contributed by atoms with Crippen molar-refractivity contribution in [2.24, 2.45) is 0 Å². The predicted molar refractivity (Wildman–Crippen MR) is 67.2 cm³/mol. The first kappa shape index (κ1) is 10.9. The Morgan fingerprint density at radius 2 is 2.00 bits per heavy atom. The van der Waals surface area contributed by atoms with Crippen LogP contribution in [0.4, 0.5) is 5.82 Å². The molecule has 92 valence electrons. The molecule has 2 aliphatic rings. The van der Waals surface area contributed by atoms with Gasteiger partial charge < -0.3 is 10.2 Å². The molecule has 2 fully saturated rings. The van der Waals surface area contributed by atoms with E-state index in [1.807, 2.05) is 6.92 Å². The zero-order valence-corrected chi connectivity index (χ0v) is 10.3. The minimum Gasteiger partial charge on any atom is -0.353 e. The summed E-state index contributed by atoms with van der Waals surface area (Å²) in [6, 6.07) is 2.78. The van der Waals surface area contributed by atoms with Crippen LogP contribution in [0, 0.1) is 6.92 Å². The molecule has 3 heterocycles. The number of anilines is 1. The van der Waals surface area contributed by atoms with Gasteiger partial charge >= 0.3 is 0 Å². The molecule has 5 nitrogen and oxygen atoms in total. The van der Waals surface area contributed by atoms with Gasteiger partial charge in [0, 0.05) is 57.1 Å². The third-order valence-corrected chi connectivity index (χ3v) is 3.64. The quantitative estimate of drug-likeness (QED) is 0.771. The van der Waals surface area contributed by atoms with Crippen molar-refractivity contribution in [2.45, 2.75) is 13.0 Å². The summed E-state index contributed by atoms with van der Waals surface area (Å²) in [4.78, 5) is 13.4. The molecular formula is C12H19N5. The van der Waals surface area contributed by atoms with E-state index < -0.39 is 0 Å². The van der Waals surface area contributed by atoms with E-state index in [1.54, 1.807) is 6.33 Å². The Kier molecular flexibility index (Phi) is 2.94. The number of aryl methyl sites for hydroxylation is 1. The van der Waals surface area contributed by atoms with Gasteiger partial charge in [-0.1, -0.05) is 0 Å². The number of aromatic nitrogens is 2. The van der Waals surface area contributed by atoms with Crippen LogP contribution in [-0.2, 0) is 0 Å². The standard InChI is InChI=1S/C12H19N5/c1-10-6-12(15-9-14-10)17-7-11(8-17)16-4-2-13-3-5-16/h6,9,11,13H,2-5,7-8H2,1H3. The van der Waals surface area contributed by atoms with Crippen molar-refractivity contribution in [3.63, 3.8) is 0 Å². The molecular weight excluding hydrogens is 214 g/mol. The van der Waals surface area contributed by atoms with E-state index in [9.17, 15) is 0 Å². The van der Waals surface area contributed by atoms with Gasteiger partial charge in [-0.05, 0) is 6.92 Å². The second-order valence-corrected chi connectivity index (χ2v) is 4.86. The van der Waals surface area contributed by atoms with E-state index in [0.29, 0.717) is 6.04 Å². The Morgan fingerprint density at radius 3 is 2.71 bits per heavy atom. The molecule has 0 aromatic carbocycles. The summed E-state index contributed by atoms with van der Waals surface area (Å²) < 4.78 is 0. The third-order valence-electron chi connectivity index (χ3n) is 3.64. The fourth-order valence-electron chi connectivity index (χ4n) is 2.53. The van der Waals surface area contributed by atoms with Crippen LogP contribution in [0.3, 0.4) is 0 Å².